The zero-order chi connectivity index (χ0) is 45.6. The van der Waals surface area contributed by atoms with Crippen LogP contribution in [0.4, 0.5) is 0 Å². The first-order chi connectivity index (χ1) is 27.4. The number of aliphatic hydroxyl groups excluding tert-OH is 20. The highest BCUT2D eigenvalue weighted by molar-refractivity contribution is 5.88. The van der Waals surface area contributed by atoms with E-state index in [0.29, 0.717) is 0 Å². The first-order valence-corrected chi connectivity index (χ1v) is 17.1. The molecule has 4 aliphatic heterocycles. The Kier molecular flexibility index (Phi) is 23.3. The number of benzene rings is 1. The van der Waals surface area contributed by atoms with Gasteiger partial charge in [-0.3, -0.25) is 0 Å². The van der Waals surface area contributed by atoms with Gasteiger partial charge in [-0.1, -0.05) is 0 Å². The number of rotatable bonds is 5. The molecule has 0 spiro atoms. The van der Waals surface area contributed by atoms with Crippen molar-refractivity contribution in [3.05, 3.63) is 23.8 Å². The van der Waals surface area contributed by atoms with Crippen LogP contribution in [0.3, 0.4) is 0 Å². The summed E-state index contributed by atoms with van der Waals surface area (Å²) in [5, 5.41) is 205. The van der Waals surface area contributed by atoms with Crippen LogP contribution in [0.1, 0.15) is 10.4 Å². The van der Waals surface area contributed by atoms with Gasteiger partial charge in [-0.05, 0) is 18.2 Å². The highest BCUT2D eigenvalue weighted by Gasteiger charge is 2.45. The minimum atomic E-state index is -1.57. The number of carboxylic acids is 1. The maximum Gasteiger partial charge on any atom is 0.335 e. The number of carboxylic acid groups (broad SMARTS) is 1. The van der Waals surface area contributed by atoms with E-state index in [1.807, 2.05) is 0 Å². The van der Waals surface area contributed by atoms with Gasteiger partial charge in [0, 0.05) is 0 Å². The van der Waals surface area contributed by atoms with Crippen molar-refractivity contribution in [1.29, 1.82) is 0 Å². The van der Waals surface area contributed by atoms with Crippen LogP contribution in [0.25, 0.3) is 0 Å². The van der Waals surface area contributed by atoms with Crippen molar-refractivity contribution >= 4 is 5.97 Å². The fourth-order valence-corrected chi connectivity index (χ4v) is 4.98. The number of hydrogen-bond donors (Lipinski definition) is 23. The number of phenols is 2. The monoisotopic (exact) mass is 874 g/mol. The fourth-order valence-electron chi connectivity index (χ4n) is 4.98. The molecule has 5 rings (SSSR count). The Morgan fingerprint density at radius 1 is 0.390 bits per heavy atom. The lowest BCUT2D eigenvalue weighted by molar-refractivity contribution is -0.286. The number of carbonyl (C=O) groups is 1. The molecular formula is C31H54O28. The molecule has 0 saturated carbocycles. The summed E-state index contributed by atoms with van der Waals surface area (Å²) in [5.41, 5.74) is -0.0553. The zero-order valence-corrected chi connectivity index (χ0v) is 30.4. The second-order valence-electron chi connectivity index (χ2n) is 12.9. The highest BCUT2D eigenvalue weighted by atomic mass is 16.7. The number of aromatic carboxylic acids is 1. The van der Waals surface area contributed by atoms with E-state index >= 15 is 0 Å². The first-order valence-electron chi connectivity index (χ1n) is 17.1. The van der Waals surface area contributed by atoms with Gasteiger partial charge in [-0.15, -0.1) is 0 Å². The summed E-state index contributed by atoms with van der Waals surface area (Å²) in [6, 6.07) is 3.31. The third-order valence-corrected chi connectivity index (χ3v) is 8.69. The molecule has 346 valence electrons. The van der Waals surface area contributed by atoms with E-state index in [1.54, 1.807) is 0 Å². The molecule has 0 bridgehead atoms. The molecule has 59 heavy (non-hydrogen) atoms. The molecule has 1 aromatic rings. The lowest BCUT2D eigenvalue weighted by atomic mass is 10.00. The summed E-state index contributed by atoms with van der Waals surface area (Å²) in [6.07, 6.45) is -28.2. The van der Waals surface area contributed by atoms with E-state index in [9.17, 15) is 4.79 Å². The second kappa shape index (κ2) is 25.3. The summed E-state index contributed by atoms with van der Waals surface area (Å²) >= 11 is 0. The third-order valence-electron chi connectivity index (χ3n) is 8.69. The standard InChI is InChI=1S/C7H6O4.4C6H12O6/c8-5-2-1-4(7(10)11)3-6(5)9;4*7-1-2-3(8)4(9)5(10)6(11)12-2/h1-3,8-9H,(H,10,11);4*2-11H,1H2/t;4*2-,3-,4+,5-,6?/m.1111/s1. The summed E-state index contributed by atoms with van der Waals surface area (Å²) in [4.78, 5) is 10.3. The number of phenolic OH excluding ortho intramolecular Hbond substituents is 2. The molecule has 28 heteroatoms. The average molecular weight is 875 g/mol. The Hall–Kier alpha value is -2.67. The topological polar surface area (TPSA) is 519 Å². The van der Waals surface area contributed by atoms with Crippen LogP contribution in [0, 0.1) is 0 Å². The molecule has 20 atom stereocenters. The SMILES string of the molecule is O=C(O)c1ccc(O)c(O)c1.OC[C@H]1OC(O)[C@H](O)[C@@H](O)[C@@H]1O.OC[C@H]1OC(O)[C@H](O)[C@@H](O)[C@@H]1O.OC[C@H]1OC(O)[C@H](O)[C@@H](O)[C@@H]1O.OC[C@H]1OC(O)[C@H](O)[C@@H](O)[C@@H]1O. The Morgan fingerprint density at radius 2 is 0.627 bits per heavy atom. The minimum absolute atomic E-state index is 0.0553. The first kappa shape index (κ1) is 54.3. The molecule has 0 aliphatic carbocycles. The summed E-state index contributed by atoms with van der Waals surface area (Å²) in [7, 11) is 0. The Bertz CT molecular complexity index is 1190. The largest absolute Gasteiger partial charge is 0.504 e. The van der Waals surface area contributed by atoms with Crippen molar-refractivity contribution in [2.24, 2.45) is 0 Å². The summed E-state index contributed by atoms with van der Waals surface area (Å²) in [6.45, 7) is -2.10. The van der Waals surface area contributed by atoms with Crippen LogP contribution in [-0.4, -0.2) is 273 Å². The van der Waals surface area contributed by atoms with Crippen molar-refractivity contribution in [2.75, 3.05) is 26.4 Å². The molecule has 4 saturated heterocycles. The molecule has 0 amide bonds. The molecule has 4 aliphatic rings. The van der Waals surface area contributed by atoms with Crippen LogP contribution in [0.2, 0.25) is 0 Å². The van der Waals surface area contributed by atoms with Crippen molar-refractivity contribution in [3.63, 3.8) is 0 Å². The molecule has 0 radical (unpaired) electrons. The number of ether oxygens (including phenoxy) is 4. The van der Waals surface area contributed by atoms with E-state index in [4.69, 9.17) is 117 Å². The second-order valence-corrected chi connectivity index (χ2v) is 12.9. The van der Waals surface area contributed by atoms with Crippen LogP contribution in [0.5, 0.6) is 11.5 Å². The van der Waals surface area contributed by atoms with Gasteiger partial charge in [-0.25, -0.2) is 4.79 Å². The van der Waals surface area contributed by atoms with Crippen molar-refractivity contribution in [2.45, 2.75) is 123 Å². The quantitative estimate of drug-likeness (QED) is 0.122. The normalized spacial score (nSPS) is 41.8. The highest BCUT2D eigenvalue weighted by Crippen LogP contribution is 2.25. The van der Waals surface area contributed by atoms with Gasteiger partial charge in [-0.2, -0.15) is 0 Å². The van der Waals surface area contributed by atoms with Gasteiger partial charge in [0.2, 0.25) is 0 Å². The Balaban J connectivity index is 0.000000369. The molecule has 4 unspecified atom stereocenters. The Morgan fingerprint density at radius 3 is 0.814 bits per heavy atom. The van der Waals surface area contributed by atoms with Crippen LogP contribution in [-0.2, 0) is 18.9 Å². The fraction of sp³-hybridized carbons (Fsp3) is 0.774. The van der Waals surface area contributed by atoms with E-state index in [0.717, 1.165) is 12.1 Å². The van der Waals surface area contributed by atoms with Crippen LogP contribution < -0.4 is 0 Å². The van der Waals surface area contributed by atoms with Crippen molar-refractivity contribution < 1.29 is 141 Å². The maximum absolute atomic E-state index is 10.3. The van der Waals surface area contributed by atoms with Crippen LogP contribution in [0.15, 0.2) is 18.2 Å². The van der Waals surface area contributed by atoms with Crippen molar-refractivity contribution in [1.82, 2.24) is 0 Å². The number of aromatic hydroxyl groups is 2. The molecule has 4 heterocycles. The third kappa shape index (κ3) is 15.0. The zero-order valence-electron chi connectivity index (χ0n) is 30.4. The molecular weight excluding hydrogens is 820 g/mol. The predicted octanol–water partition coefficient (Wildman–Crippen LogP) is -12.1. The van der Waals surface area contributed by atoms with Gasteiger partial charge in [0.1, 0.15) is 97.7 Å². The van der Waals surface area contributed by atoms with E-state index in [1.165, 1.54) is 6.07 Å². The van der Waals surface area contributed by atoms with E-state index in [2.05, 4.69) is 18.9 Å². The Labute approximate surface area is 331 Å². The van der Waals surface area contributed by atoms with Gasteiger partial charge in [0.15, 0.2) is 36.7 Å². The molecule has 1 aromatic carbocycles. The predicted molar refractivity (Wildman–Crippen MR) is 181 cm³/mol. The van der Waals surface area contributed by atoms with E-state index < -0.39 is 161 Å². The van der Waals surface area contributed by atoms with Crippen molar-refractivity contribution in [3.8, 4) is 11.5 Å². The maximum atomic E-state index is 10.3. The van der Waals surface area contributed by atoms with Gasteiger partial charge < -0.3 is 136 Å². The molecule has 4 fully saturated rings. The lowest BCUT2D eigenvalue weighted by Crippen LogP contribution is -2.58. The molecule has 28 nitrogen and oxygen atoms in total. The van der Waals surface area contributed by atoms with Gasteiger partial charge in [0.25, 0.3) is 0 Å². The molecule has 23 N–H and O–H groups in total. The summed E-state index contributed by atoms with van der Waals surface area (Å²) in [5.74, 6) is -1.89. The smallest absolute Gasteiger partial charge is 0.335 e. The van der Waals surface area contributed by atoms with Gasteiger partial charge in [0.05, 0.1) is 32.0 Å². The van der Waals surface area contributed by atoms with Gasteiger partial charge >= 0.3 is 5.97 Å². The summed E-state index contributed by atoms with van der Waals surface area (Å²) < 4.78 is 18.3. The molecule has 0 aromatic heterocycles. The van der Waals surface area contributed by atoms with Crippen LogP contribution >= 0.6 is 0 Å². The number of hydrogen-bond acceptors (Lipinski definition) is 27. The van der Waals surface area contributed by atoms with E-state index in [-0.39, 0.29) is 11.3 Å². The minimum Gasteiger partial charge on any atom is -0.504 e. The number of aliphatic hydroxyl groups is 20. The average Bonchev–Trinajstić information content (AvgIpc) is 3.21. The lowest BCUT2D eigenvalue weighted by Gasteiger charge is -2.37.